The first kappa shape index (κ1) is 18.9. The maximum Gasteiger partial charge on any atom is 0.269 e. The molecule has 0 unspecified atom stereocenters. The van der Waals surface area contributed by atoms with Gasteiger partial charge >= 0.3 is 0 Å². The van der Waals surface area contributed by atoms with Gasteiger partial charge in [-0.05, 0) is 60.9 Å². The van der Waals surface area contributed by atoms with Crippen molar-refractivity contribution < 1.29 is 9.34 Å². The summed E-state index contributed by atoms with van der Waals surface area (Å²) in [5.41, 5.74) is 5.15. The summed E-state index contributed by atoms with van der Waals surface area (Å²) in [4.78, 5) is 16.3. The Morgan fingerprint density at radius 1 is 1.10 bits per heavy atom. The van der Waals surface area contributed by atoms with Gasteiger partial charge in [-0.25, -0.2) is 4.99 Å². The molecule has 0 saturated carbocycles. The molecule has 0 aliphatic rings. The predicted molar refractivity (Wildman–Crippen MR) is 113 cm³/mol. The number of rotatable bonds is 5. The smallest absolute Gasteiger partial charge is 0.269 e. The Hall–Kier alpha value is -3.45. The van der Waals surface area contributed by atoms with Crippen LogP contribution in [0.1, 0.15) is 16.9 Å². The highest BCUT2D eigenvalue weighted by Crippen LogP contribution is 2.25. The minimum atomic E-state index is -0.393. The van der Waals surface area contributed by atoms with Crippen LogP contribution in [0, 0.1) is 24.0 Å². The van der Waals surface area contributed by atoms with E-state index in [2.05, 4.69) is 24.5 Å². The molecule has 29 heavy (non-hydrogen) atoms. The van der Waals surface area contributed by atoms with E-state index in [4.69, 9.17) is 9.41 Å². The topological polar surface area (TPSA) is 73.6 Å². The minimum Gasteiger partial charge on any atom is -0.467 e. The Morgan fingerprint density at radius 2 is 1.90 bits per heavy atom. The van der Waals surface area contributed by atoms with Gasteiger partial charge in [-0.15, -0.1) is 11.3 Å². The number of benzene rings is 2. The molecule has 2 heterocycles. The lowest BCUT2D eigenvalue weighted by Crippen LogP contribution is -2.16. The number of aromatic nitrogens is 1. The lowest BCUT2D eigenvalue weighted by Gasteiger charge is -2.08. The normalized spacial score (nSPS) is 11.7. The summed E-state index contributed by atoms with van der Waals surface area (Å²) in [5, 5.41) is 13.0. The molecule has 0 spiro atoms. The summed E-state index contributed by atoms with van der Waals surface area (Å²) in [6.45, 7) is 4.66. The summed E-state index contributed by atoms with van der Waals surface area (Å²) in [6, 6.07) is 16.4. The molecule has 0 N–H and O–H groups in total. The van der Waals surface area contributed by atoms with Crippen LogP contribution in [-0.2, 0) is 6.54 Å². The van der Waals surface area contributed by atoms with Gasteiger partial charge in [-0.3, -0.25) is 10.1 Å². The van der Waals surface area contributed by atoms with Crippen molar-refractivity contribution in [2.75, 3.05) is 0 Å². The molecule has 2 aromatic heterocycles. The fraction of sp³-hybridized carbons (Fsp3) is 0.136. The van der Waals surface area contributed by atoms with Gasteiger partial charge in [0.1, 0.15) is 5.76 Å². The average molecular weight is 405 g/mol. The van der Waals surface area contributed by atoms with E-state index in [0.29, 0.717) is 6.54 Å². The van der Waals surface area contributed by atoms with Crippen LogP contribution in [0.5, 0.6) is 0 Å². The zero-order valence-corrected chi connectivity index (χ0v) is 16.8. The van der Waals surface area contributed by atoms with Crippen LogP contribution in [0.2, 0.25) is 0 Å². The Kier molecular flexibility index (Phi) is 5.14. The summed E-state index contributed by atoms with van der Waals surface area (Å²) in [7, 11) is 0. The second-order valence-corrected chi connectivity index (χ2v) is 7.54. The number of thiazole rings is 1. The van der Waals surface area contributed by atoms with Gasteiger partial charge in [0.05, 0.1) is 29.1 Å². The summed E-state index contributed by atoms with van der Waals surface area (Å²) >= 11 is 1.53. The number of nitrogens with zero attached hydrogens (tertiary/aromatic N) is 3. The van der Waals surface area contributed by atoms with Crippen LogP contribution in [0.15, 0.2) is 75.7 Å². The van der Waals surface area contributed by atoms with E-state index in [1.807, 2.05) is 29.6 Å². The molecule has 4 rings (SSSR count). The van der Waals surface area contributed by atoms with Gasteiger partial charge in [0.15, 0.2) is 4.80 Å². The Balaban J connectivity index is 1.85. The molecule has 0 saturated heterocycles. The van der Waals surface area contributed by atoms with Gasteiger partial charge in [0, 0.05) is 17.5 Å². The number of aryl methyl sites for hydroxylation is 1. The fourth-order valence-electron chi connectivity index (χ4n) is 3.07. The summed E-state index contributed by atoms with van der Waals surface area (Å²) in [5.74, 6) is 0.814. The standard InChI is InChI=1S/C22H19N3O3S/c1-15-5-3-7-20(16(15)2)23-22-24(13-19-6-4-12-28-19)21(14-29-22)17-8-10-18(11-9-17)25(26)27/h3-12,14H,13H2,1-2H3. The first-order valence-corrected chi connectivity index (χ1v) is 9.97. The SMILES string of the molecule is Cc1cccc(N=c2scc(-c3ccc([N+](=O)[O-])cc3)n2Cc2ccco2)c1C. The summed E-state index contributed by atoms with van der Waals surface area (Å²) < 4.78 is 7.62. The van der Waals surface area contributed by atoms with Gasteiger partial charge in [-0.2, -0.15) is 0 Å². The average Bonchev–Trinajstić information content (AvgIpc) is 3.36. The van der Waals surface area contributed by atoms with Crippen LogP contribution in [-0.4, -0.2) is 9.49 Å². The molecule has 0 bridgehead atoms. The monoisotopic (exact) mass is 405 g/mol. The van der Waals surface area contributed by atoms with E-state index in [1.54, 1.807) is 18.4 Å². The zero-order valence-electron chi connectivity index (χ0n) is 16.0. The lowest BCUT2D eigenvalue weighted by atomic mass is 10.1. The van der Waals surface area contributed by atoms with Gasteiger partial charge < -0.3 is 8.98 Å². The molecule has 0 amide bonds. The third kappa shape index (κ3) is 3.90. The van der Waals surface area contributed by atoms with Crippen molar-refractivity contribution in [1.82, 2.24) is 4.57 Å². The van der Waals surface area contributed by atoms with E-state index in [1.165, 1.54) is 29.0 Å². The molecule has 0 fully saturated rings. The van der Waals surface area contributed by atoms with E-state index >= 15 is 0 Å². The van der Waals surface area contributed by atoms with Crippen molar-refractivity contribution in [1.29, 1.82) is 0 Å². The van der Waals surface area contributed by atoms with Crippen molar-refractivity contribution >= 4 is 22.7 Å². The zero-order chi connectivity index (χ0) is 20.4. The molecule has 4 aromatic rings. The second kappa shape index (κ2) is 7.89. The molecule has 2 aromatic carbocycles. The number of non-ortho nitro benzene ring substituents is 1. The Labute approximate surface area is 171 Å². The summed E-state index contributed by atoms with van der Waals surface area (Å²) in [6.07, 6.45) is 1.65. The van der Waals surface area contributed by atoms with E-state index in [9.17, 15) is 10.1 Å². The van der Waals surface area contributed by atoms with Crippen LogP contribution in [0.25, 0.3) is 11.3 Å². The number of furan rings is 1. The number of nitro groups is 1. The number of hydrogen-bond donors (Lipinski definition) is 0. The largest absolute Gasteiger partial charge is 0.467 e. The van der Waals surface area contributed by atoms with Crippen LogP contribution < -0.4 is 4.80 Å². The third-order valence-corrected chi connectivity index (χ3v) is 5.72. The van der Waals surface area contributed by atoms with Gasteiger partial charge in [0.2, 0.25) is 0 Å². The number of nitro benzene ring substituents is 1. The molecular formula is C22H19N3O3S. The second-order valence-electron chi connectivity index (χ2n) is 6.70. The Bertz CT molecular complexity index is 1220. The Morgan fingerprint density at radius 3 is 2.59 bits per heavy atom. The molecular weight excluding hydrogens is 386 g/mol. The van der Waals surface area contributed by atoms with Crippen LogP contribution in [0.3, 0.4) is 0 Å². The van der Waals surface area contributed by atoms with Crippen molar-refractivity contribution in [3.05, 3.63) is 98.0 Å². The number of hydrogen-bond acceptors (Lipinski definition) is 5. The molecule has 7 heteroatoms. The molecule has 6 nitrogen and oxygen atoms in total. The molecule has 146 valence electrons. The first-order chi connectivity index (χ1) is 14.0. The van der Waals surface area contributed by atoms with Crippen LogP contribution >= 0.6 is 11.3 Å². The van der Waals surface area contributed by atoms with Gasteiger partial charge in [-0.1, -0.05) is 12.1 Å². The van der Waals surface area contributed by atoms with Crippen molar-refractivity contribution in [2.45, 2.75) is 20.4 Å². The fourth-order valence-corrected chi connectivity index (χ4v) is 4.00. The highest BCUT2D eigenvalue weighted by molar-refractivity contribution is 7.07. The third-order valence-electron chi connectivity index (χ3n) is 4.86. The molecule has 0 radical (unpaired) electrons. The van der Waals surface area contributed by atoms with Crippen molar-refractivity contribution in [2.24, 2.45) is 4.99 Å². The van der Waals surface area contributed by atoms with Gasteiger partial charge in [0.25, 0.3) is 5.69 Å². The predicted octanol–water partition coefficient (Wildman–Crippen LogP) is 5.62. The van der Waals surface area contributed by atoms with E-state index in [-0.39, 0.29) is 5.69 Å². The highest BCUT2D eigenvalue weighted by Gasteiger charge is 2.12. The first-order valence-electron chi connectivity index (χ1n) is 9.09. The van der Waals surface area contributed by atoms with Crippen LogP contribution in [0.4, 0.5) is 11.4 Å². The lowest BCUT2D eigenvalue weighted by molar-refractivity contribution is -0.384. The minimum absolute atomic E-state index is 0.0712. The quantitative estimate of drug-likeness (QED) is 0.320. The van der Waals surface area contributed by atoms with E-state index < -0.39 is 4.92 Å². The molecule has 0 aliphatic carbocycles. The van der Waals surface area contributed by atoms with Crippen molar-refractivity contribution in [3.63, 3.8) is 0 Å². The maximum absolute atomic E-state index is 11.0. The molecule has 0 aliphatic heterocycles. The highest BCUT2D eigenvalue weighted by atomic mass is 32.1. The molecule has 0 atom stereocenters. The van der Waals surface area contributed by atoms with E-state index in [0.717, 1.165) is 33.1 Å². The maximum atomic E-state index is 11.0. The van der Waals surface area contributed by atoms with Crippen molar-refractivity contribution in [3.8, 4) is 11.3 Å².